The molecule has 3 heterocycles. The number of benzene rings is 1. The van der Waals surface area contributed by atoms with Crippen LogP contribution in [0, 0.1) is 6.92 Å². The molecule has 0 unspecified atom stereocenters. The van der Waals surface area contributed by atoms with Crippen LogP contribution in [0.3, 0.4) is 0 Å². The van der Waals surface area contributed by atoms with Crippen molar-refractivity contribution < 1.29 is 13.2 Å². The van der Waals surface area contributed by atoms with E-state index in [1.807, 2.05) is 43.8 Å². The Morgan fingerprint density at radius 2 is 1.96 bits per heavy atom. The van der Waals surface area contributed by atoms with Crippen molar-refractivity contribution in [3.05, 3.63) is 64.6 Å². The third kappa shape index (κ3) is 3.33. The van der Waals surface area contributed by atoms with Crippen molar-refractivity contribution in [1.29, 1.82) is 0 Å². The molecule has 0 N–H and O–H groups in total. The lowest BCUT2D eigenvalue weighted by atomic mass is 10.0. The van der Waals surface area contributed by atoms with E-state index in [1.165, 1.54) is 12.1 Å². The highest BCUT2D eigenvalue weighted by atomic mass is 19.4. The number of rotatable bonds is 2. The number of nitrogens with zero attached hydrogens (tertiary/aromatic N) is 3. The fourth-order valence-corrected chi connectivity index (χ4v) is 3.82. The summed E-state index contributed by atoms with van der Waals surface area (Å²) in [5.41, 5.74) is 5.04. The quantitative estimate of drug-likeness (QED) is 0.591. The lowest BCUT2D eigenvalue weighted by Crippen LogP contribution is -2.26. The summed E-state index contributed by atoms with van der Waals surface area (Å²) in [5.74, 6) is 0. The van der Waals surface area contributed by atoms with Gasteiger partial charge in [-0.3, -0.25) is 4.98 Å². The predicted molar refractivity (Wildman–Crippen MR) is 106 cm³/mol. The average molecular weight is 385 g/mol. The van der Waals surface area contributed by atoms with Crippen LogP contribution in [0.4, 0.5) is 13.2 Å². The standard InChI is InChI=1S/C22H22F3N3/c1-14(16-5-4-15(2)26-11-16)12-28-20-8-9-27(3)13-19(20)18-7-6-17(10-21(18)28)22(23,24)25/h4-7,10-12H,8-9,13H2,1-3H3/b14-12-. The van der Waals surface area contributed by atoms with E-state index < -0.39 is 11.7 Å². The number of aromatic nitrogens is 2. The highest BCUT2D eigenvalue weighted by Gasteiger charge is 2.32. The van der Waals surface area contributed by atoms with Gasteiger partial charge in [0.05, 0.1) is 11.1 Å². The molecule has 146 valence electrons. The van der Waals surface area contributed by atoms with Crippen molar-refractivity contribution in [2.24, 2.45) is 0 Å². The fourth-order valence-electron chi connectivity index (χ4n) is 3.82. The molecule has 0 aliphatic carbocycles. The Kier molecular flexibility index (Phi) is 4.54. The molecule has 3 aromatic rings. The second-order valence-corrected chi connectivity index (χ2v) is 7.51. The SMILES string of the molecule is C/C(=C/n1c2c(c3ccc(C(F)(F)F)cc31)CN(C)CC2)c1ccc(C)nc1. The molecule has 0 spiro atoms. The zero-order valence-electron chi connectivity index (χ0n) is 16.1. The van der Waals surface area contributed by atoms with Gasteiger partial charge in [0.1, 0.15) is 0 Å². The molecular weight excluding hydrogens is 363 g/mol. The van der Waals surface area contributed by atoms with Crippen LogP contribution in [-0.4, -0.2) is 28.0 Å². The van der Waals surface area contributed by atoms with Crippen LogP contribution >= 0.6 is 0 Å². The number of likely N-dealkylation sites (N-methyl/N-ethyl adjacent to an activating group) is 1. The van der Waals surface area contributed by atoms with Gasteiger partial charge in [0.15, 0.2) is 0 Å². The maximum atomic E-state index is 13.3. The molecule has 0 saturated carbocycles. The number of fused-ring (bicyclic) bond motifs is 3. The molecule has 0 bridgehead atoms. The Labute approximate surface area is 162 Å². The van der Waals surface area contributed by atoms with Crippen molar-refractivity contribution in [2.45, 2.75) is 33.0 Å². The lowest BCUT2D eigenvalue weighted by molar-refractivity contribution is -0.137. The Hall–Kier alpha value is -2.60. The highest BCUT2D eigenvalue weighted by Crippen LogP contribution is 2.36. The van der Waals surface area contributed by atoms with Gasteiger partial charge >= 0.3 is 6.18 Å². The van der Waals surface area contributed by atoms with Crippen LogP contribution in [0.15, 0.2) is 36.5 Å². The van der Waals surface area contributed by atoms with Gasteiger partial charge < -0.3 is 9.47 Å². The molecule has 3 nitrogen and oxygen atoms in total. The number of alkyl halides is 3. The van der Waals surface area contributed by atoms with Gasteiger partial charge in [0.25, 0.3) is 0 Å². The Morgan fingerprint density at radius 1 is 1.18 bits per heavy atom. The summed E-state index contributed by atoms with van der Waals surface area (Å²) >= 11 is 0. The molecule has 1 aliphatic rings. The summed E-state index contributed by atoms with van der Waals surface area (Å²) in [6, 6.07) is 7.99. The van der Waals surface area contributed by atoms with Crippen LogP contribution < -0.4 is 0 Å². The largest absolute Gasteiger partial charge is 0.416 e. The second-order valence-electron chi connectivity index (χ2n) is 7.51. The summed E-state index contributed by atoms with van der Waals surface area (Å²) in [6.45, 7) is 5.51. The monoisotopic (exact) mass is 385 g/mol. The number of pyridine rings is 1. The van der Waals surface area contributed by atoms with Gasteiger partial charge in [-0.1, -0.05) is 12.1 Å². The Balaban J connectivity index is 1.92. The summed E-state index contributed by atoms with van der Waals surface area (Å²) in [4.78, 5) is 6.53. The molecule has 1 aromatic carbocycles. The fraction of sp³-hybridized carbons (Fsp3) is 0.318. The van der Waals surface area contributed by atoms with E-state index in [2.05, 4.69) is 9.88 Å². The number of hydrogen-bond donors (Lipinski definition) is 0. The van der Waals surface area contributed by atoms with E-state index in [0.29, 0.717) is 5.52 Å². The Bertz CT molecular complexity index is 1060. The topological polar surface area (TPSA) is 21.1 Å². The van der Waals surface area contributed by atoms with Gasteiger partial charge in [-0.2, -0.15) is 13.2 Å². The molecule has 1 aliphatic heterocycles. The second kappa shape index (κ2) is 6.78. The van der Waals surface area contributed by atoms with Crippen LogP contribution in [-0.2, 0) is 19.1 Å². The molecule has 6 heteroatoms. The number of hydrogen-bond acceptors (Lipinski definition) is 2. The predicted octanol–water partition coefficient (Wildman–Crippen LogP) is 5.37. The molecule has 0 atom stereocenters. The van der Waals surface area contributed by atoms with E-state index in [1.54, 1.807) is 12.3 Å². The number of halogens is 3. The van der Waals surface area contributed by atoms with E-state index in [-0.39, 0.29) is 0 Å². The third-order valence-electron chi connectivity index (χ3n) is 5.40. The minimum Gasteiger partial charge on any atom is -0.320 e. The Morgan fingerprint density at radius 3 is 2.64 bits per heavy atom. The summed E-state index contributed by atoms with van der Waals surface area (Å²) in [6.07, 6.45) is 0.186. The van der Waals surface area contributed by atoms with E-state index in [4.69, 9.17) is 0 Å². The van der Waals surface area contributed by atoms with E-state index >= 15 is 0 Å². The van der Waals surface area contributed by atoms with Gasteiger partial charge in [0, 0.05) is 48.7 Å². The molecule has 0 radical (unpaired) electrons. The normalized spacial score (nSPS) is 15.9. The number of allylic oxidation sites excluding steroid dienone is 1. The van der Waals surface area contributed by atoms with E-state index in [0.717, 1.165) is 53.0 Å². The number of aryl methyl sites for hydroxylation is 1. The molecule has 0 fully saturated rings. The van der Waals surface area contributed by atoms with Crippen molar-refractivity contribution in [3.63, 3.8) is 0 Å². The zero-order chi connectivity index (χ0) is 20.1. The van der Waals surface area contributed by atoms with Gasteiger partial charge in [-0.15, -0.1) is 0 Å². The van der Waals surface area contributed by atoms with Crippen LogP contribution in [0.5, 0.6) is 0 Å². The summed E-state index contributed by atoms with van der Waals surface area (Å²) in [5, 5.41) is 0.889. The molecule has 2 aromatic heterocycles. The van der Waals surface area contributed by atoms with Crippen LogP contribution in [0.25, 0.3) is 22.7 Å². The summed E-state index contributed by atoms with van der Waals surface area (Å²) < 4.78 is 41.9. The van der Waals surface area contributed by atoms with Gasteiger partial charge in [-0.05, 0) is 55.8 Å². The molecule has 28 heavy (non-hydrogen) atoms. The maximum Gasteiger partial charge on any atom is 0.416 e. The maximum absolute atomic E-state index is 13.3. The zero-order valence-corrected chi connectivity index (χ0v) is 16.1. The van der Waals surface area contributed by atoms with Crippen molar-refractivity contribution in [1.82, 2.24) is 14.5 Å². The minimum absolute atomic E-state index is 0.606. The van der Waals surface area contributed by atoms with E-state index in [9.17, 15) is 13.2 Å². The minimum atomic E-state index is -4.36. The first-order valence-electron chi connectivity index (χ1n) is 9.27. The van der Waals surface area contributed by atoms with Gasteiger partial charge in [-0.25, -0.2) is 0 Å². The van der Waals surface area contributed by atoms with Crippen LogP contribution in [0.1, 0.15) is 35.0 Å². The first-order valence-corrected chi connectivity index (χ1v) is 9.27. The first kappa shape index (κ1) is 18.7. The molecule has 4 rings (SSSR count). The van der Waals surface area contributed by atoms with Crippen LogP contribution in [0.2, 0.25) is 0 Å². The van der Waals surface area contributed by atoms with Crippen molar-refractivity contribution in [3.8, 4) is 0 Å². The smallest absolute Gasteiger partial charge is 0.320 e. The van der Waals surface area contributed by atoms with Crippen molar-refractivity contribution >= 4 is 22.7 Å². The highest BCUT2D eigenvalue weighted by molar-refractivity contribution is 5.90. The molecule has 0 saturated heterocycles. The molecule has 0 amide bonds. The average Bonchev–Trinajstić information content (AvgIpc) is 2.94. The summed E-state index contributed by atoms with van der Waals surface area (Å²) in [7, 11) is 2.04. The lowest BCUT2D eigenvalue weighted by Gasteiger charge is -2.23. The van der Waals surface area contributed by atoms with Crippen molar-refractivity contribution in [2.75, 3.05) is 13.6 Å². The van der Waals surface area contributed by atoms with Gasteiger partial charge in [0.2, 0.25) is 0 Å². The molecular formula is C22H22F3N3. The first-order chi connectivity index (χ1) is 13.2. The third-order valence-corrected chi connectivity index (χ3v) is 5.40.